The number of hydrazine groups is 1. The van der Waals surface area contributed by atoms with Gasteiger partial charge in [-0.2, -0.15) is 0 Å². The first-order valence-electron chi connectivity index (χ1n) is 9.41. The Morgan fingerprint density at radius 3 is 1.93 bits per heavy atom. The minimum Gasteiger partial charge on any atom is -0.465 e. The Hall–Kier alpha value is -3.38. The molecular weight excluding hydrogens is 366 g/mol. The summed E-state index contributed by atoms with van der Waals surface area (Å²) in [4.78, 5) is 28.0. The molecule has 150 valence electrons. The zero-order chi connectivity index (χ0) is 20.8. The lowest BCUT2D eigenvalue weighted by atomic mass is 10.1. The summed E-state index contributed by atoms with van der Waals surface area (Å²) < 4.78 is 4.83. The number of esters is 1. The molecule has 29 heavy (non-hydrogen) atoms. The van der Waals surface area contributed by atoms with E-state index in [1.165, 1.54) is 7.11 Å². The zero-order valence-electron chi connectivity index (χ0n) is 16.9. The van der Waals surface area contributed by atoms with Gasteiger partial charge in [0.1, 0.15) is 5.69 Å². The minimum absolute atomic E-state index is 0.299. The molecule has 0 unspecified atom stereocenters. The van der Waals surface area contributed by atoms with Crippen molar-refractivity contribution in [3.8, 4) is 0 Å². The maximum atomic E-state index is 13.0. The number of aryl methyl sites for hydroxylation is 1. The van der Waals surface area contributed by atoms with Gasteiger partial charge in [-0.05, 0) is 30.5 Å². The van der Waals surface area contributed by atoms with Crippen molar-refractivity contribution in [2.45, 2.75) is 26.9 Å². The number of benzene rings is 2. The first-order valence-corrected chi connectivity index (χ1v) is 9.41. The molecule has 3 rings (SSSR count). The maximum absolute atomic E-state index is 13.0. The first kappa shape index (κ1) is 20.4. The van der Waals surface area contributed by atoms with E-state index < -0.39 is 5.97 Å². The van der Waals surface area contributed by atoms with Crippen molar-refractivity contribution in [1.29, 1.82) is 0 Å². The average Bonchev–Trinajstić information content (AvgIpc) is 3.03. The van der Waals surface area contributed by atoms with Gasteiger partial charge in [0.05, 0.1) is 12.7 Å². The summed E-state index contributed by atoms with van der Waals surface area (Å²) in [6, 6.07) is 19.9. The number of amides is 1. The van der Waals surface area contributed by atoms with E-state index in [4.69, 9.17) is 4.74 Å². The largest absolute Gasteiger partial charge is 0.465 e. The number of nitrogens with zero attached hydrogens (tertiary/aromatic N) is 1. The number of carbonyl (C=O) groups is 2. The third kappa shape index (κ3) is 4.92. The fraction of sp³-hybridized carbons (Fsp3) is 0.217. The van der Waals surface area contributed by atoms with Crippen molar-refractivity contribution >= 4 is 11.9 Å². The third-order valence-electron chi connectivity index (χ3n) is 4.75. The first-order chi connectivity index (χ1) is 14.0. The molecule has 1 heterocycles. The Morgan fingerprint density at radius 2 is 1.45 bits per heavy atom. The molecule has 0 saturated carbocycles. The van der Waals surface area contributed by atoms with Crippen LogP contribution in [0.1, 0.15) is 43.2 Å². The molecule has 1 aromatic heterocycles. The van der Waals surface area contributed by atoms with E-state index in [1.807, 2.05) is 65.7 Å². The molecule has 2 N–H and O–H groups in total. The van der Waals surface area contributed by atoms with E-state index in [0.29, 0.717) is 35.6 Å². The number of nitrogens with one attached hydrogen (secondary N) is 2. The van der Waals surface area contributed by atoms with Gasteiger partial charge in [0.2, 0.25) is 0 Å². The van der Waals surface area contributed by atoms with E-state index in [1.54, 1.807) is 13.8 Å². The molecule has 0 aliphatic rings. The Balaban J connectivity index is 1.83. The van der Waals surface area contributed by atoms with Crippen LogP contribution < -0.4 is 5.43 Å². The van der Waals surface area contributed by atoms with Gasteiger partial charge in [0, 0.05) is 18.8 Å². The Kier molecular flexibility index (Phi) is 6.46. The molecule has 0 atom stereocenters. The third-order valence-corrected chi connectivity index (χ3v) is 4.75. The number of ether oxygens (including phenoxy) is 1. The number of carbonyl (C=O) groups excluding carboxylic acids is 2. The smallest absolute Gasteiger partial charge is 0.339 e. The second kappa shape index (κ2) is 9.21. The summed E-state index contributed by atoms with van der Waals surface area (Å²) in [6.45, 7) is 4.58. The van der Waals surface area contributed by atoms with Gasteiger partial charge < -0.3 is 9.72 Å². The highest BCUT2D eigenvalue weighted by Gasteiger charge is 2.23. The quantitative estimate of drug-likeness (QED) is 0.475. The molecule has 0 aliphatic carbocycles. The number of aromatic nitrogens is 1. The van der Waals surface area contributed by atoms with Crippen LogP contribution in [0.25, 0.3) is 0 Å². The highest BCUT2D eigenvalue weighted by molar-refractivity contribution is 6.00. The maximum Gasteiger partial charge on any atom is 0.339 e. The standard InChI is InChI=1S/C23H25N3O3/c1-16-20(23(28)29-3)17(2)24-21(16)22(27)25-26(14-18-10-6-4-7-11-18)15-19-12-8-5-9-13-19/h4-13,24H,14-15H2,1-3H3,(H,25,27). The lowest BCUT2D eigenvalue weighted by molar-refractivity contribution is 0.0599. The van der Waals surface area contributed by atoms with Gasteiger partial charge in [-0.3, -0.25) is 10.2 Å². The number of methoxy groups -OCH3 is 1. The Labute approximate surface area is 170 Å². The molecule has 6 heteroatoms. The second-order valence-electron chi connectivity index (χ2n) is 6.88. The van der Waals surface area contributed by atoms with E-state index >= 15 is 0 Å². The number of aromatic amines is 1. The van der Waals surface area contributed by atoms with Crippen molar-refractivity contribution < 1.29 is 14.3 Å². The lowest BCUT2D eigenvalue weighted by Crippen LogP contribution is -2.41. The summed E-state index contributed by atoms with van der Waals surface area (Å²) >= 11 is 0. The summed E-state index contributed by atoms with van der Waals surface area (Å²) in [7, 11) is 1.33. The van der Waals surface area contributed by atoms with Gasteiger partial charge in [-0.25, -0.2) is 9.80 Å². The molecule has 0 fully saturated rings. The SMILES string of the molecule is COC(=O)c1c(C)[nH]c(C(=O)NN(Cc2ccccc2)Cc2ccccc2)c1C. The van der Waals surface area contributed by atoms with Crippen LogP contribution in [-0.2, 0) is 17.8 Å². The molecule has 0 bridgehead atoms. The van der Waals surface area contributed by atoms with E-state index in [9.17, 15) is 9.59 Å². The molecule has 6 nitrogen and oxygen atoms in total. The minimum atomic E-state index is -0.458. The highest BCUT2D eigenvalue weighted by atomic mass is 16.5. The predicted molar refractivity (Wildman–Crippen MR) is 111 cm³/mol. The van der Waals surface area contributed by atoms with Crippen LogP contribution >= 0.6 is 0 Å². The Morgan fingerprint density at radius 1 is 0.931 bits per heavy atom. The number of hydrogen-bond acceptors (Lipinski definition) is 4. The fourth-order valence-corrected chi connectivity index (χ4v) is 3.33. The summed E-state index contributed by atoms with van der Waals surface area (Å²) in [5, 5.41) is 1.86. The van der Waals surface area contributed by atoms with Crippen molar-refractivity contribution in [3.05, 3.63) is 94.3 Å². The zero-order valence-corrected chi connectivity index (χ0v) is 16.9. The number of rotatable bonds is 7. The van der Waals surface area contributed by atoms with Gasteiger partial charge in [-0.15, -0.1) is 0 Å². The van der Waals surface area contributed by atoms with Crippen LogP contribution in [0.4, 0.5) is 0 Å². The van der Waals surface area contributed by atoms with Crippen molar-refractivity contribution in [3.63, 3.8) is 0 Å². The van der Waals surface area contributed by atoms with Gasteiger partial charge >= 0.3 is 5.97 Å². The van der Waals surface area contributed by atoms with Crippen LogP contribution in [0.3, 0.4) is 0 Å². The van der Waals surface area contributed by atoms with Crippen molar-refractivity contribution in [2.24, 2.45) is 0 Å². The van der Waals surface area contributed by atoms with Crippen LogP contribution in [0, 0.1) is 13.8 Å². The summed E-state index contributed by atoms with van der Waals surface area (Å²) in [5.41, 5.74) is 7.08. The number of hydrogen-bond donors (Lipinski definition) is 2. The second-order valence-corrected chi connectivity index (χ2v) is 6.88. The molecule has 2 aromatic carbocycles. The van der Waals surface area contributed by atoms with Crippen LogP contribution in [0.5, 0.6) is 0 Å². The summed E-state index contributed by atoms with van der Waals surface area (Å²) in [6.07, 6.45) is 0. The molecule has 0 spiro atoms. The molecular formula is C23H25N3O3. The van der Waals surface area contributed by atoms with Crippen molar-refractivity contribution in [2.75, 3.05) is 7.11 Å². The molecule has 0 saturated heterocycles. The number of H-pyrrole nitrogens is 1. The van der Waals surface area contributed by atoms with Crippen molar-refractivity contribution in [1.82, 2.24) is 15.4 Å². The van der Waals surface area contributed by atoms with Gasteiger partial charge in [0.15, 0.2) is 0 Å². The van der Waals surface area contributed by atoms with Crippen LogP contribution in [0.2, 0.25) is 0 Å². The van der Waals surface area contributed by atoms with Gasteiger partial charge in [-0.1, -0.05) is 60.7 Å². The molecule has 0 aliphatic heterocycles. The normalized spacial score (nSPS) is 10.8. The molecule has 3 aromatic rings. The Bertz CT molecular complexity index is 940. The van der Waals surface area contributed by atoms with Crippen LogP contribution in [0.15, 0.2) is 60.7 Å². The van der Waals surface area contributed by atoms with E-state index in [-0.39, 0.29) is 5.91 Å². The monoisotopic (exact) mass is 391 g/mol. The van der Waals surface area contributed by atoms with E-state index in [0.717, 1.165) is 11.1 Å². The van der Waals surface area contributed by atoms with Crippen LogP contribution in [-0.4, -0.2) is 29.0 Å². The average molecular weight is 391 g/mol. The lowest BCUT2D eigenvalue weighted by Gasteiger charge is -2.23. The predicted octanol–water partition coefficient (Wildman–Crippen LogP) is 3.77. The summed E-state index contributed by atoms with van der Waals surface area (Å²) in [5.74, 6) is -0.756. The molecule has 1 amide bonds. The van der Waals surface area contributed by atoms with Gasteiger partial charge in [0.25, 0.3) is 5.91 Å². The highest BCUT2D eigenvalue weighted by Crippen LogP contribution is 2.19. The molecule has 0 radical (unpaired) electrons. The topological polar surface area (TPSA) is 74.4 Å². The van der Waals surface area contributed by atoms with E-state index in [2.05, 4.69) is 10.4 Å². The fourth-order valence-electron chi connectivity index (χ4n) is 3.33.